The maximum atomic E-state index is 12.3. The molecule has 0 spiro atoms. The maximum absolute atomic E-state index is 12.3. The third-order valence-electron chi connectivity index (χ3n) is 5.03. The summed E-state index contributed by atoms with van der Waals surface area (Å²) in [4.78, 5) is 15.2. The van der Waals surface area contributed by atoms with E-state index in [1.807, 2.05) is 0 Å². The van der Waals surface area contributed by atoms with Crippen molar-refractivity contribution in [3.63, 3.8) is 0 Å². The fourth-order valence-corrected chi connectivity index (χ4v) is 4.08. The van der Waals surface area contributed by atoms with Crippen LogP contribution in [0.5, 0.6) is 0 Å². The van der Waals surface area contributed by atoms with Gasteiger partial charge in [0.05, 0.1) is 0 Å². The fraction of sp³-hybridized carbons (Fsp3) is 0.562. The van der Waals surface area contributed by atoms with E-state index in [0.29, 0.717) is 28.3 Å². The van der Waals surface area contributed by atoms with Crippen molar-refractivity contribution in [3.05, 3.63) is 45.3 Å². The zero-order valence-corrected chi connectivity index (χ0v) is 13.2. The van der Waals surface area contributed by atoms with Gasteiger partial charge in [-0.25, -0.2) is 0 Å². The van der Waals surface area contributed by atoms with Gasteiger partial charge in [0.2, 0.25) is 0 Å². The number of nitrogens with one attached hydrogen (secondary N) is 1. The smallest absolute Gasteiger partial charge is 0.251 e. The van der Waals surface area contributed by atoms with E-state index >= 15 is 0 Å². The van der Waals surface area contributed by atoms with Gasteiger partial charge in [-0.05, 0) is 66.8 Å². The summed E-state index contributed by atoms with van der Waals surface area (Å²) in [5, 5.41) is 7.60. The number of carbonyl (C=O) groups is 1. The third-order valence-corrected chi connectivity index (χ3v) is 5.28. The molecule has 1 aromatic carbocycles. The molecule has 6 heteroatoms. The second kappa shape index (κ2) is 6.19. The molecule has 5 nitrogen and oxygen atoms in total. The van der Waals surface area contributed by atoms with Crippen LogP contribution in [0, 0.1) is 17.8 Å². The number of fused-ring (bicyclic) bond motifs is 1. The minimum atomic E-state index is -0.0416. The van der Waals surface area contributed by atoms with Crippen molar-refractivity contribution in [2.45, 2.75) is 38.3 Å². The Hall–Kier alpha value is -1.71. The highest BCUT2D eigenvalue weighted by molar-refractivity contribution is 6.30. The Morgan fingerprint density at radius 1 is 1.41 bits per heavy atom. The molecule has 0 saturated heterocycles. The molecule has 3 rings (SSSR count). The number of amides is 1. The summed E-state index contributed by atoms with van der Waals surface area (Å²) in [6.07, 6.45) is 2.85. The molecule has 5 atom stereocenters. The lowest BCUT2D eigenvalue weighted by atomic mass is 9.99. The molecule has 22 heavy (non-hydrogen) atoms. The lowest BCUT2D eigenvalue weighted by Crippen LogP contribution is -2.37. The minimum absolute atomic E-state index is 0.0416. The molecule has 1 amide bonds. The van der Waals surface area contributed by atoms with Crippen LogP contribution in [-0.2, 0) is 0 Å². The number of hydrogen-bond donors (Lipinski definition) is 1. The van der Waals surface area contributed by atoms with Crippen LogP contribution in [0.3, 0.4) is 0 Å². The summed E-state index contributed by atoms with van der Waals surface area (Å²) in [7, 11) is 0. The molecule has 2 aliphatic carbocycles. The molecule has 0 aliphatic heterocycles. The number of benzene rings is 1. The Morgan fingerprint density at radius 3 is 2.59 bits per heavy atom. The van der Waals surface area contributed by atoms with Gasteiger partial charge in [0.1, 0.15) is 0 Å². The van der Waals surface area contributed by atoms with Crippen molar-refractivity contribution in [2.75, 3.05) is 0 Å². The first-order chi connectivity index (χ1) is 10.6. The zero-order valence-electron chi connectivity index (χ0n) is 12.4. The average molecular weight is 319 g/mol. The molecular weight excluding hydrogens is 300 g/mol. The topological polar surface area (TPSA) is 77.9 Å². The van der Waals surface area contributed by atoms with Crippen molar-refractivity contribution in [3.8, 4) is 0 Å². The lowest BCUT2D eigenvalue weighted by Gasteiger charge is -2.20. The maximum Gasteiger partial charge on any atom is 0.251 e. The van der Waals surface area contributed by atoms with E-state index in [-0.39, 0.29) is 18.0 Å². The summed E-state index contributed by atoms with van der Waals surface area (Å²) >= 11 is 5.85. The fourth-order valence-electron chi connectivity index (χ4n) is 3.95. The second-order valence-electron chi connectivity index (χ2n) is 6.23. The first-order valence-corrected chi connectivity index (χ1v) is 8.12. The predicted octanol–water partition coefficient (Wildman–Crippen LogP) is 4.18. The molecule has 1 unspecified atom stereocenters. The molecule has 0 radical (unpaired) electrons. The highest BCUT2D eigenvalue weighted by Gasteiger charge is 2.58. The van der Waals surface area contributed by atoms with Crippen molar-refractivity contribution in [1.82, 2.24) is 5.32 Å². The Bertz CT molecular complexity index is 599. The first kappa shape index (κ1) is 15.2. The van der Waals surface area contributed by atoms with Crippen LogP contribution in [0.25, 0.3) is 10.4 Å². The van der Waals surface area contributed by atoms with Crippen LogP contribution in [0.4, 0.5) is 0 Å². The van der Waals surface area contributed by atoms with Gasteiger partial charge in [-0.2, -0.15) is 0 Å². The highest BCUT2D eigenvalue weighted by atomic mass is 35.5. The molecule has 0 bridgehead atoms. The van der Waals surface area contributed by atoms with Gasteiger partial charge in [-0.3, -0.25) is 4.79 Å². The summed E-state index contributed by atoms with van der Waals surface area (Å²) in [5.74, 6) is 1.70. The number of halogens is 1. The van der Waals surface area contributed by atoms with Crippen molar-refractivity contribution < 1.29 is 4.79 Å². The zero-order chi connectivity index (χ0) is 15.7. The predicted molar refractivity (Wildman–Crippen MR) is 85.6 cm³/mol. The van der Waals surface area contributed by atoms with Gasteiger partial charge in [0, 0.05) is 27.6 Å². The van der Waals surface area contributed by atoms with E-state index in [4.69, 9.17) is 17.1 Å². The van der Waals surface area contributed by atoms with Gasteiger partial charge in [0.25, 0.3) is 5.91 Å². The minimum Gasteiger partial charge on any atom is -0.349 e. The molecule has 2 fully saturated rings. The summed E-state index contributed by atoms with van der Waals surface area (Å²) < 4.78 is 0. The Balaban J connectivity index is 1.59. The summed E-state index contributed by atoms with van der Waals surface area (Å²) in [6, 6.07) is 7.30. The molecule has 1 N–H and O–H groups in total. The SMILES string of the molecule is CCC(NC(=O)c1ccc(Cl)cc1)[C@H]1[C@@H]2C[C@@H](N=[N+]=[N-])C[C@@H]21. The van der Waals surface area contributed by atoms with Crippen molar-refractivity contribution in [1.29, 1.82) is 0 Å². The van der Waals surface area contributed by atoms with Crippen LogP contribution in [0.2, 0.25) is 5.02 Å². The molecule has 1 aromatic rings. The first-order valence-electron chi connectivity index (χ1n) is 7.74. The van der Waals surface area contributed by atoms with E-state index in [2.05, 4.69) is 22.3 Å². The van der Waals surface area contributed by atoms with Gasteiger partial charge in [-0.15, -0.1) is 0 Å². The van der Waals surface area contributed by atoms with E-state index in [1.54, 1.807) is 24.3 Å². The van der Waals surface area contributed by atoms with Gasteiger partial charge >= 0.3 is 0 Å². The number of carbonyl (C=O) groups excluding carboxylic acids is 1. The molecule has 2 saturated carbocycles. The summed E-state index contributed by atoms with van der Waals surface area (Å²) in [6.45, 7) is 2.10. The van der Waals surface area contributed by atoms with Gasteiger partial charge in [0.15, 0.2) is 0 Å². The molecule has 116 valence electrons. The molecular formula is C16H19ClN4O. The Morgan fingerprint density at radius 2 is 2.05 bits per heavy atom. The molecule has 0 aromatic heterocycles. The number of hydrogen-bond acceptors (Lipinski definition) is 2. The molecule has 2 aliphatic rings. The molecule has 0 heterocycles. The second-order valence-corrected chi connectivity index (χ2v) is 6.67. The number of azide groups is 1. The third kappa shape index (κ3) is 2.92. The van der Waals surface area contributed by atoms with Crippen molar-refractivity contribution >= 4 is 17.5 Å². The summed E-state index contributed by atoms with van der Waals surface area (Å²) in [5.41, 5.74) is 9.14. The number of nitrogens with zero attached hydrogens (tertiary/aromatic N) is 3. The van der Waals surface area contributed by atoms with E-state index in [9.17, 15) is 4.79 Å². The quantitative estimate of drug-likeness (QED) is 0.493. The normalized spacial score (nSPS) is 30.1. The Labute approximate surface area is 134 Å². The highest BCUT2D eigenvalue weighted by Crippen LogP contribution is 2.60. The van der Waals surface area contributed by atoms with Crippen LogP contribution in [0.15, 0.2) is 29.4 Å². The van der Waals surface area contributed by atoms with E-state index < -0.39 is 0 Å². The lowest BCUT2D eigenvalue weighted by molar-refractivity contribution is 0.0927. The van der Waals surface area contributed by atoms with Crippen LogP contribution in [0.1, 0.15) is 36.5 Å². The monoisotopic (exact) mass is 318 g/mol. The van der Waals surface area contributed by atoms with Crippen LogP contribution in [-0.4, -0.2) is 18.0 Å². The van der Waals surface area contributed by atoms with Gasteiger partial charge < -0.3 is 5.32 Å². The van der Waals surface area contributed by atoms with Crippen molar-refractivity contribution in [2.24, 2.45) is 22.9 Å². The average Bonchev–Trinajstić information content (AvgIpc) is 3.00. The largest absolute Gasteiger partial charge is 0.349 e. The Kier molecular flexibility index (Phi) is 4.27. The van der Waals surface area contributed by atoms with E-state index in [0.717, 1.165) is 19.3 Å². The van der Waals surface area contributed by atoms with Crippen LogP contribution < -0.4 is 5.32 Å². The van der Waals surface area contributed by atoms with Crippen LogP contribution >= 0.6 is 11.6 Å². The number of rotatable bonds is 5. The van der Waals surface area contributed by atoms with E-state index in [1.165, 1.54) is 0 Å². The van der Waals surface area contributed by atoms with Gasteiger partial charge in [-0.1, -0.05) is 23.6 Å². The standard InChI is InChI=1S/C16H19ClN4O/c1-2-14(15-12-7-11(20-21-18)8-13(12)15)19-16(22)9-3-5-10(17)6-4-9/h3-6,11-15H,2,7-8H2,1H3,(H,19,22)/t11-,12-,13+,14?,15+.